The highest BCUT2D eigenvalue weighted by Crippen LogP contribution is 1.99. The zero-order valence-electron chi connectivity index (χ0n) is 8.46. The van der Waals surface area contributed by atoms with E-state index in [0.29, 0.717) is 0 Å². The maximum absolute atomic E-state index is 4.25. The normalized spacial score (nSPS) is 10.4. The number of hydrogen-bond donors (Lipinski definition) is 1. The van der Waals surface area contributed by atoms with Gasteiger partial charge in [0.15, 0.2) is 0 Å². The first kappa shape index (κ1) is 9.92. The molecule has 0 aliphatic heterocycles. The van der Waals surface area contributed by atoms with Crippen LogP contribution in [-0.2, 0) is 6.54 Å². The van der Waals surface area contributed by atoms with E-state index in [-0.39, 0.29) is 0 Å². The van der Waals surface area contributed by atoms with Crippen LogP contribution in [0.1, 0.15) is 11.6 Å². The summed E-state index contributed by atoms with van der Waals surface area (Å²) in [6, 6.07) is 0. The van der Waals surface area contributed by atoms with Gasteiger partial charge in [-0.1, -0.05) is 6.58 Å². The average molecular weight is 180 g/mol. The molecule has 72 valence electrons. The minimum atomic E-state index is 0.744. The summed E-state index contributed by atoms with van der Waals surface area (Å²) in [7, 11) is 1.91. The van der Waals surface area contributed by atoms with Crippen molar-refractivity contribution in [1.82, 2.24) is 20.1 Å². The van der Waals surface area contributed by atoms with Gasteiger partial charge in [-0.05, 0) is 26.5 Å². The fourth-order valence-electron chi connectivity index (χ4n) is 1.23. The second-order valence-corrected chi connectivity index (χ2v) is 3.14. The molecule has 1 rings (SSSR count). The highest BCUT2D eigenvalue weighted by Gasteiger charge is 2.02. The van der Waals surface area contributed by atoms with Crippen molar-refractivity contribution in [3.05, 3.63) is 23.8 Å². The lowest BCUT2D eigenvalue weighted by Crippen LogP contribution is -2.15. The molecular weight excluding hydrogens is 164 g/mol. The van der Waals surface area contributed by atoms with Crippen molar-refractivity contribution < 1.29 is 0 Å². The van der Waals surface area contributed by atoms with Crippen molar-refractivity contribution in [2.45, 2.75) is 20.4 Å². The summed E-state index contributed by atoms with van der Waals surface area (Å²) in [4.78, 5) is 4.21. The summed E-state index contributed by atoms with van der Waals surface area (Å²) in [5, 5.41) is 7.30. The van der Waals surface area contributed by atoms with Gasteiger partial charge in [0.05, 0.1) is 6.54 Å². The average Bonchev–Trinajstić information content (AvgIpc) is 2.30. The van der Waals surface area contributed by atoms with Crippen molar-refractivity contribution in [3.8, 4) is 0 Å². The Morgan fingerprint density at radius 3 is 2.69 bits per heavy atom. The van der Waals surface area contributed by atoms with Gasteiger partial charge in [-0.2, -0.15) is 5.10 Å². The van der Waals surface area contributed by atoms with Crippen molar-refractivity contribution in [1.29, 1.82) is 0 Å². The van der Waals surface area contributed by atoms with Gasteiger partial charge in [0.25, 0.3) is 0 Å². The lowest BCUT2D eigenvalue weighted by Gasteiger charge is -2.05. The van der Waals surface area contributed by atoms with Crippen LogP contribution in [0.25, 0.3) is 0 Å². The zero-order chi connectivity index (χ0) is 9.84. The first-order valence-electron chi connectivity index (χ1n) is 4.32. The fourth-order valence-corrected chi connectivity index (χ4v) is 1.23. The Morgan fingerprint density at radius 1 is 1.54 bits per heavy atom. The van der Waals surface area contributed by atoms with Crippen LogP contribution in [0.5, 0.6) is 0 Å². The number of aryl methyl sites for hydroxylation is 2. The molecule has 1 aromatic rings. The van der Waals surface area contributed by atoms with E-state index < -0.39 is 0 Å². The Hall–Kier alpha value is -1.16. The molecule has 0 aliphatic carbocycles. The van der Waals surface area contributed by atoms with Crippen LogP contribution in [0, 0.1) is 13.8 Å². The molecule has 0 unspecified atom stereocenters. The molecule has 0 aliphatic rings. The molecule has 0 fully saturated rings. The van der Waals surface area contributed by atoms with Crippen LogP contribution in [-0.4, -0.2) is 28.4 Å². The molecule has 0 spiro atoms. The molecule has 0 aromatic carbocycles. The van der Waals surface area contributed by atoms with Crippen LogP contribution in [0.4, 0.5) is 0 Å². The second-order valence-electron chi connectivity index (χ2n) is 3.14. The monoisotopic (exact) mass is 180 g/mol. The third-order valence-electron chi connectivity index (χ3n) is 1.76. The summed E-state index contributed by atoms with van der Waals surface area (Å²) in [6.07, 6.45) is 0. The van der Waals surface area contributed by atoms with E-state index in [4.69, 9.17) is 0 Å². The fraction of sp³-hybridized carbons (Fsp3) is 0.556. The summed E-state index contributed by atoms with van der Waals surface area (Å²) in [5.41, 5.74) is 1.11. The Morgan fingerprint density at radius 2 is 2.23 bits per heavy atom. The number of nitrogens with one attached hydrogen (secondary N) is 1. The lowest BCUT2D eigenvalue weighted by atomic mass is 10.3. The van der Waals surface area contributed by atoms with Gasteiger partial charge >= 0.3 is 0 Å². The molecule has 0 amide bonds. The molecule has 4 nitrogen and oxygen atoms in total. The molecule has 4 heteroatoms. The smallest absolute Gasteiger partial charge is 0.147 e. The third-order valence-corrected chi connectivity index (χ3v) is 1.76. The largest absolute Gasteiger partial charge is 0.316 e. The third kappa shape index (κ3) is 2.66. The van der Waals surface area contributed by atoms with Gasteiger partial charge in [0.1, 0.15) is 11.6 Å². The van der Waals surface area contributed by atoms with E-state index in [1.165, 1.54) is 0 Å². The SMILES string of the molecule is C=C(CNC)Cn1nc(C)nc1C. The van der Waals surface area contributed by atoms with Gasteiger partial charge < -0.3 is 5.32 Å². The van der Waals surface area contributed by atoms with Crippen molar-refractivity contribution in [2.24, 2.45) is 0 Å². The highest BCUT2D eigenvalue weighted by atomic mass is 15.3. The zero-order valence-corrected chi connectivity index (χ0v) is 8.46. The summed E-state index contributed by atoms with van der Waals surface area (Å²) >= 11 is 0. The van der Waals surface area contributed by atoms with E-state index in [9.17, 15) is 0 Å². The van der Waals surface area contributed by atoms with E-state index in [2.05, 4.69) is 22.0 Å². The van der Waals surface area contributed by atoms with Gasteiger partial charge in [-0.3, -0.25) is 0 Å². The van der Waals surface area contributed by atoms with Crippen molar-refractivity contribution >= 4 is 0 Å². The molecule has 1 aromatic heterocycles. The van der Waals surface area contributed by atoms with Gasteiger partial charge in [0, 0.05) is 6.54 Å². The highest BCUT2D eigenvalue weighted by molar-refractivity contribution is 4.99. The van der Waals surface area contributed by atoms with Gasteiger partial charge in [-0.25, -0.2) is 9.67 Å². The molecular formula is C9H16N4. The van der Waals surface area contributed by atoms with E-state index in [1.54, 1.807) is 0 Å². The molecule has 0 radical (unpaired) electrons. The summed E-state index contributed by atoms with van der Waals surface area (Å²) in [6.45, 7) is 9.34. The van der Waals surface area contributed by atoms with Gasteiger partial charge in [-0.15, -0.1) is 0 Å². The Bertz CT molecular complexity index is 301. The van der Waals surface area contributed by atoms with Crippen LogP contribution < -0.4 is 5.32 Å². The molecule has 13 heavy (non-hydrogen) atoms. The Kier molecular flexibility index (Phi) is 3.19. The predicted octanol–water partition coefficient (Wildman–Crippen LogP) is 0.671. The van der Waals surface area contributed by atoms with E-state index >= 15 is 0 Å². The number of rotatable bonds is 4. The van der Waals surface area contributed by atoms with Gasteiger partial charge in [0.2, 0.25) is 0 Å². The predicted molar refractivity (Wildman–Crippen MR) is 52.6 cm³/mol. The Balaban J connectivity index is 2.63. The molecule has 0 saturated heterocycles. The summed E-state index contributed by atoms with van der Waals surface area (Å²) < 4.78 is 1.87. The molecule has 1 heterocycles. The Labute approximate surface area is 78.7 Å². The second kappa shape index (κ2) is 4.18. The van der Waals surface area contributed by atoms with Crippen LogP contribution in [0.2, 0.25) is 0 Å². The van der Waals surface area contributed by atoms with Crippen LogP contribution in [0.15, 0.2) is 12.2 Å². The maximum Gasteiger partial charge on any atom is 0.147 e. The van der Waals surface area contributed by atoms with E-state index in [0.717, 1.165) is 30.3 Å². The standard InChI is InChI=1S/C9H16N4/c1-7(5-10-4)6-13-9(3)11-8(2)12-13/h10H,1,5-6H2,2-4H3. The number of hydrogen-bond acceptors (Lipinski definition) is 3. The van der Waals surface area contributed by atoms with Crippen molar-refractivity contribution in [2.75, 3.05) is 13.6 Å². The first-order valence-corrected chi connectivity index (χ1v) is 4.32. The summed E-state index contributed by atoms with van der Waals surface area (Å²) in [5.74, 6) is 1.75. The first-order chi connectivity index (χ1) is 6.13. The van der Waals surface area contributed by atoms with Crippen LogP contribution >= 0.6 is 0 Å². The molecule has 1 N–H and O–H groups in total. The number of nitrogens with zero attached hydrogens (tertiary/aromatic N) is 3. The topological polar surface area (TPSA) is 42.7 Å². The maximum atomic E-state index is 4.25. The molecule has 0 atom stereocenters. The number of aromatic nitrogens is 3. The minimum absolute atomic E-state index is 0.744. The molecule has 0 saturated carbocycles. The quantitative estimate of drug-likeness (QED) is 0.692. The van der Waals surface area contributed by atoms with Crippen molar-refractivity contribution in [3.63, 3.8) is 0 Å². The minimum Gasteiger partial charge on any atom is -0.316 e. The lowest BCUT2D eigenvalue weighted by molar-refractivity contribution is 0.631. The van der Waals surface area contributed by atoms with E-state index in [1.807, 2.05) is 25.6 Å². The molecule has 0 bridgehead atoms. The van der Waals surface area contributed by atoms with Crippen LogP contribution in [0.3, 0.4) is 0 Å². The number of likely N-dealkylation sites (N-methyl/N-ethyl adjacent to an activating group) is 1.